The summed E-state index contributed by atoms with van der Waals surface area (Å²) in [6, 6.07) is 12.3. The minimum absolute atomic E-state index is 0.0798. The summed E-state index contributed by atoms with van der Waals surface area (Å²) in [5, 5.41) is 8.86. The molecule has 0 radical (unpaired) electrons. The minimum Gasteiger partial charge on any atom is -0.198 e. The molecule has 1 nitrogen and oxygen atoms in total. The standard InChI is InChI=1S/C11H13N/c1-2-6-11(9-12)10-7-4-3-5-8-10/h3-5,7-8,11H,2,6H2,1H3/t11-/m0/s1. The molecule has 62 valence electrons. The molecular weight excluding hydrogens is 146 g/mol. The number of benzene rings is 1. The lowest BCUT2D eigenvalue weighted by molar-refractivity contribution is 0.727. The van der Waals surface area contributed by atoms with E-state index >= 15 is 0 Å². The van der Waals surface area contributed by atoms with Gasteiger partial charge in [-0.2, -0.15) is 5.26 Å². The lowest BCUT2D eigenvalue weighted by atomic mass is 9.96. The Morgan fingerprint density at radius 3 is 2.50 bits per heavy atom. The highest BCUT2D eigenvalue weighted by molar-refractivity contribution is 5.24. The van der Waals surface area contributed by atoms with Gasteiger partial charge < -0.3 is 0 Å². The lowest BCUT2D eigenvalue weighted by Gasteiger charge is -2.06. The van der Waals surface area contributed by atoms with Gasteiger partial charge in [0, 0.05) is 0 Å². The summed E-state index contributed by atoms with van der Waals surface area (Å²) in [7, 11) is 0. The Labute approximate surface area is 73.6 Å². The van der Waals surface area contributed by atoms with E-state index in [1.165, 1.54) is 0 Å². The summed E-state index contributed by atoms with van der Waals surface area (Å²) in [4.78, 5) is 0. The predicted octanol–water partition coefficient (Wildman–Crippen LogP) is 3.09. The van der Waals surface area contributed by atoms with E-state index in [-0.39, 0.29) is 5.92 Å². The summed E-state index contributed by atoms with van der Waals surface area (Å²) in [6.45, 7) is 2.10. The maximum absolute atomic E-state index is 8.86. The topological polar surface area (TPSA) is 23.8 Å². The first kappa shape index (κ1) is 8.80. The van der Waals surface area contributed by atoms with Gasteiger partial charge in [0.05, 0.1) is 12.0 Å². The molecule has 12 heavy (non-hydrogen) atoms. The molecule has 0 bridgehead atoms. The zero-order chi connectivity index (χ0) is 8.81. The molecule has 0 fully saturated rings. The Bertz CT molecular complexity index is 258. The van der Waals surface area contributed by atoms with Gasteiger partial charge in [-0.3, -0.25) is 0 Å². The molecule has 1 heteroatoms. The van der Waals surface area contributed by atoms with E-state index in [1.807, 2.05) is 30.3 Å². The van der Waals surface area contributed by atoms with Crippen LogP contribution in [-0.4, -0.2) is 0 Å². The number of rotatable bonds is 3. The number of hydrogen-bond donors (Lipinski definition) is 0. The number of hydrogen-bond acceptors (Lipinski definition) is 1. The third-order valence-corrected chi connectivity index (χ3v) is 1.94. The third kappa shape index (κ3) is 2.10. The smallest absolute Gasteiger partial charge is 0.0712 e. The molecule has 0 spiro atoms. The van der Waals surface area contributed by atoms with Crippen molar-refractivity contribution in [3.05, 3.63) is 35.9 Å². The van der Waals surface area contributed by atoms with E-state index < -0.39 is 0 Å². The summed E-state index contributed by atoms with van der Waals surface area (Å²) in [5.74, 6) is 0.0798. The second-order valence-electron chi connectivity index (χ2n) is 2.88. The van der Waals surface area contributed by atoms with Crippen LogP contribution in [0, 0.1) is 11.3 Å². The fourth-order valence-electron chi connectivity index (χ4n) is 1.28. The first-order valence-corrected chi connectivity index (χ1v) is 4.33. The molecule has 0 N–H and O–H groups in total. The highest BCUT2D eigenvalue weighted by Crippen LogP contribution is 2.19. The maximum Gasteiger partial charge on any atom is 0.0712 e. The van der Waals surface area contributed by atoms with E-state index in [4.69, 9.17) is 5.26 Å². The molecule has 0 aromatic heterocycles. The van der Waals surface area contributed by atoms with E-state index in [0.29, 0.717) is 0 Å². The highest BCUT2D eigenvalue weighted by atomic mass is 14.3. The van der Waals surface area contributed by atoms with Crippen molar-refractivity contribution in [1.29, 1.82) is 5.26 Å². The minimum atomic E-state index is 0.0798. The van der Waals surface area contributed by atoms with Gasteiger partial charge in [-0.1, -0.05) is 43.7 Å². The highest BCUT2D eigenvalue weighted by Gasteiger charge is 2.07. The SMILES string of the molecule is CCC[C@@H](C#N)c1ccccc1. The third-order valence-electron chi connectivity index (χ3n) is 1.94. The van der Waals surface area contributed by atoms with Crippen molar-refractivity contribution in [3.8, 4) is 6.07 Å². The Morgan fingerprint density at radius 1 is 1.33 bits per heavy atom. The van der Waals surface area contributed by atoms with Gasteiger partial charge in [0.15, 0.2) is 0 Å². The van der Waals surface area contributed by atoms with Crippen molar-refractivity contribution in [2.45, 2.75) is 25.7 Å². The van der Waals surface area contributed by atoms with Crippen molar-refractivity contribution in [3.63, 3.8) is 0 Å². The molecule has 0 saturated heterocycles. The molecule has 0 unspecified atom stereocenters. The Kier molecular flexibility index (Phi) is 3.35. The summed E-state index contributed by atoms with van der Waals surface area (Å²) in [5.41, 5.74) is 1.14. The molecule has 0 heterocycles. The van der Waals surface area contributed by atoms with Crippen molar-refractivity contribution >= 4 is 0 Å². The molecule has 1 aromatic rings. The van der Waals surface area contributed by atoms with Crippen molar-refractivity contribution in [2.75, 3.05) is 0 Å². The van der Waals surface area contributed by atoms with Gasteiger partial charge in [-0.15, -0.1) is 0 Å². The van der Waals surface area contributed by atoms with E-state index in [0.717, 1.165) is 18.4 Å². The molecule has 0 aliphatic heterocycles. The van der Waals surface area contributed by atoms with Gasteiger partial charge in [-0.25, -0.2) is 0 Å². The molecule has 1 aromatic carbocycles. The van der Waals surface area contributed by atoms with Crippen LogP contribution in [0.15, 0.2) is 30.3 Å². The van der Waals surface area contributed by atoms with Gasteiger partial charge in [-0.05, 0) is 12.0 Å². The normalized spacial score (nSPS) is 12.0. The lowest BCUT2D eigenvalue weighted by Crippen LogP contribution is -1.93. The summed E-state index contributed by atoms with van der Waals surface area (Å²) in [6.07, 6.45) is 2.02. The maximum atomic E-state index is 8.86. The van der Waals surface area contributed by atoms with Gasteiger partial charge in [0.25, 0.3) is 0 Å². The average molecular weight is 159 g/mol. The van der Waals surface area contributed by atoms with Crippen LogP contribution >= 0.6 is 0 Å². The predicted molar refractivity (Wildman–Crippen MR) is 49.7 cm³/mol. The molecular formula is C11H13N. The molecule has 1 rings (SSSR count). The Morgan fingerprint density at radius 2 is 2.00 bits per heavy atom. The molecule has 1 atom stereocenters. The average Bonchev–Trinajstić information content (AvgIpc) is 2.15. The van der Waals surface area contributed by atoms with Crippen LogP contribution < -0.4 is 0 Å². The zero-order valence-electron chi connectivity index (χ0n) is 7.33. The largest absolute Gasteiger partial charge is 0.198 e. The quantitative estimate of drug-likeness (QED) is 0.664. The first-order chi connectivity index (χ1) is 5.88. The monoisotopic (exact) mass is 159 g/mol. The van der Waals surface area contributed by atoms with Gasteiger partial charge >= 0.3 is 0 Å². The van der Waals surface area contributed by atoms with Crippen LogP contribution in [0.25, 0.3) is 0 Å². The first-order valence-electron chi connectivity index (χ1n) is 4.33. The van der Waals surface area contributed by atoms with Crippen molar-refractivity contribution in [2.24, 2.45) is 0 Å². The van der Waals surface area contributed by atoms with Gasteiger partial charge in [0.1, 0.15) is 0 Å². The number of nitrogens with zero attached hydrogens (tertiary/aromatic N) is 1. The van der Waals surface area contributed by atoms with E-state index in [9.17, 15) is 0 Å². The molecule has 0 aliphatic rings. The van der Waals surface area contributed by atoms with E-state index in [2.05, 4.69) is 13.0 Å². The van der Waals surface area contributed by atoms with Crippen LogP contribution in [-0.2, 0) is 0 Å². The second kappa shape index (κ2) is 4.56. The second-order valence-corrected chi connectivity index (χ2v) is 2.88. The Balaban J connectivity index is 2.75. The van der Waals surface area contributed by atoms with Gasteiger partial charge in [0.2, 0.25) is 0 Å². The molecule has 0 aliphatic carbocycles. The van der Waals surface area contributed by atoms with Crippen LogP contribution in [0.2, 0.25) is 0 Å². The fourth-order valence-corrected chi connectivity index (χ4v) is 1.28. The van der Waals surface area contributed by atoms with E-state index in [1.54, 1.807) is 0 Å². The molecule has 0 saturated carbocycles. The molecule has 0 amide bonds. The van der Waals surface area contributed by atoms with Crippen molar-refractivity contribution < 1.29 is 0 Å². The van der Waals surface area contributed by atoms with Crippen LogP contribution in [0.3, 0.4) is 0 Å². The summed E-state index contributed by atoms with van der Waals surface area (Å²) >= 11 is 0. The van der Waals surface area contributed by atoms with Crippen molar-refractivity contribution in [1.82, 2.24) is 0 Å². The van der Waals surface area contributed by atoms with Crippen LogP contribution in [0.4, 0.5) is 0 Å². The Hall–Kier alpha value is -1.29. The number of nitriles is 1. The zero-order valence-corrected chi connectivity index (χ0v) is 7.33. The van der Waals surface area contributed by atoms with Crippen LogP contribution in [0.5, 0.6) is 0 Å². The fraction of sp³-hybridized carbons (Fsp3) is 0.364. The van der Waals surface area contributed by atoms with Crippen LogP contribution in [0.1, 0.15) is 31.2 Å². The summed E-state index contributed by atoms with van der Waals surface area (Å²) < 4.78 is 0.